The molecule has 2 aromatic rings. The van der Waals surface area contributed by atoms with E-state index in [1.54, 1.807) is 6.20 Å². The van der Waals surface area contributed by atoms with Gasteiger partial charge in [0.1, 0.15) is 5.82 Å². The quantitative estimate of drug-likeness (QED) is 0.464. The molecule has 3 nitrogen and oxygen atoms in total. The zero-order chi connectivity index (χ0) is 24.7. The van der Waals surface area contributed by atoms with Gasteiger partial charge >= 0.3 is 0 Å². The number of nitrogens with zero attached hydrogens (tertiary/aromatic N) is 2. The molecule has 0 saturated heterocycles. The summed E-state index contributed by atoms with van der Waals surface area (Å²) in [4.78, 5) is 15.4. The summed E-state index contributed by atoms with van der Waals surface area (Å²) < 4.78 is 2.10. The largest absolute Gasteiger partial charge is 0.331 e. The molecule has 0 spiro atoms. The lowest BCUT2D eigenvalue weighted by Gasteiger charge is -2.15. The summed E-state index contributed by atoms with van der Waals surface area (Å²) in [7, 11) is 0. The lowest BCUT2D eigenvalue weighted by atomic mass is 9.94. The Morgan fingerprint density at radius 1 is 0.833 bits per heavy atom. The molecular weight excluding hydrogens is 368 g/mol. The minimum atomic E-state index is 0.768. The van der Waals surface area contributed by atoms with Crippen LogP contribution in [0, 0.1) is 27.7 Å². The molecule has 0 radical (unpaired) electrons. The number of aryl methyl sites for hydroxylation is 3. The summed E-state index contributed by atoms with van der Waals surface area (Å²) in [6.07, 6.45) is 7.22. The number of hydrogen-bond acceptors (Lipinski definition) is 2. The Morgan fingerprint density at radius 3 is 1.60 bits per heavy atom. The lowest BCUT2D eigenvalue weighted by molar-refractivity contribution is 0.112. The van der Waals surface area contributed by atoms with E-state index in [1.165, 1.54) is 24.0 Å². The van der Waals surface area contributed by atoms with Crippen molar-refractivity contribution < 1.29 is 4.79 Å². The molecule has 0 saturated carbocycles. The molecule has 0 amide bonds. The standard InChI is InChI=1S/C15H18N2O.2C3H8.3C2H6/c1-10-7-11(2)15(9-18)12(3)14(10)8-17-6-5-16-13(17)4;2*1-3-2;3*1-2/h5-7,9H,8H2,1-4H3;2*3H2,1-2H3;3*1-2H3. The fourth-order valence-electron chi connectivity index (χ4n) is 2.41. The van der Waals surface area contributed by atoms with Gasteiger partial charge in [-0.25, -0.2) is 4.98 Å². The van der Waals surface area contributed by atoms with Gasteiger partial charge in [0, 0.05) is 24.5 Å². The van der Waals surface area contributed by atoms with Crippen LogP contribution in [0.25, 0.3) is 0 Å². The van der Waals surface area contributed by atoms with Crippen LogP contribution in [0.2, 0.25) is 0 Å². The Labute approximate surface area is 189 Å². The highest BCUT2D eigenvalue weighted by molar-refractivity contribution is 5.80. The fraction of sp³-hybridized carbons (Fsp3) is 0.630. The van der Waals surface area contributed by atoms with Crippen molar-refractivity contribution in [3.63, 3.8) is 0 Å². The first-order valence-electron chi connectivity index (χ1n) is 11.9. The summed E-state index contributed by atoms with van der Waals surface area (Å²) in [5, 5.41) is 0. The second kappa shape index (κ2) is 25.1. The van der Waals surface area contributed by atoms with Crippen molar-refractivity contribution in [2.75, 3.05) is 0 Å². The number of benzene rings is 1. The topological polar surface area (TPSA) is 34.9 Å². The summed E-state index contributed by atoms with van der Waals surface area (Å²) in [5.41, 5.74) is 5.38. The van der Waals surface area contributed by atoms with Crippen LogP contribution in [-0.2, 0) is 6.54 Å². The molecule has 0 aliphatic heterocycles. The first-order chi connectivity index (χ1) is 14.4. The third-order valence-electron chi connectivity index (χ3n) is 3.56. The van der Waals surface area contributed by atoms with E-state index in [0.29, 0.717) is 0 Å². The predicted octanol–water partition coefficient (Wildman–Crippen LogP) is 8.89. The maximum absolute atomic E-state index is 11.2. The molecule has 0 unspecified atom stereocenters. The second-order valence-electron chi connectivity index (χ2n) is 6.16. The van der Waals surface area contributed by atoms with E-state index in [0.717, 1.165) is 35.3 Å². The van der Waals surface area contributed by atoms with Gasteiger partial charge in [-0.15, -0.1) is 0 Å². The average Bonchev–Trinajstić information content (AvgIpc) is 3.16. The highest BCUT2D eigenvalue weighted by atomic mass is 16.1. The van der Waals surface area contributed by atoms with Gasteiger partial charge in [0.15, 0.2) is 6.29 Å². The van der Waals surface area contributed by atoms with E-state index in [1.807, 2.05) is 68.5 Å². The van der Waals surface area contributed by atoms with Gasteiger partial charge < -0.3 is 4.57 Å². The molecule has 1 heterocycles. The van der Waals surface area contributed by atoms with Crippen LogP contribution in [0.4, 0.5) is 0 Å². The van der Waals surface area contributed by atoms with E-state index < -0.39 is 0 Å². The highest BCUT2D eigenvalue weighted by Crippen LogP contribution is 2.22. The monoisotopic (exact) mass is 420 g/mol. The lowest BCUT2D eigenvalue weighted by Crippen LogP contribution is -2.07. The molecule has 2 rings (SSSR count). The average molecular weight is 421 g/mol. The van der Waals surface area contributed by atoms with Gasteiger partial charge in [0.25, 0.3) is 0 Å². The van der Waals surface area contributed by atoms with Crippen molar-refractivity contribution in [3.05, 3.63) is 52.1 Å². The van der Waals surface area contributed by atoms with Crippen molar-refractivity contribution in [2.45, 2.75) is 116 Å². The summed E-state index contributed by atoms with van der Waals surface area (Å²) in [6.45, 7) is 29.3. The zero-order valence-corrected chi connectivity index (χ0v) is 22.7. The second-order valence-corrected chi connectivity index (χ2v) is 6.16. The number of aromatic nitrogens is 2. The number of carbonyl (C=O) groups is 1. The van der Waals surface area contributed by atoms with E-state index in [4.69, 9.17) is 0 Å². The summed E-state index contributed by atoms with van der Waals surface area (Å²) >= 11 is 0. The Morgan fingerprint density at radius 2 is 1.27 bits per heavy atom. The third kappa shape index (κ3) is 14.1. The number of carbonyl (C=O) groups excluding carboxylic acids is 1. The van der Waals surface area contributed by atoms with Crippen LogP contribution in [0.3, 0.4) is 0 Å². The van der Waals surface area contributed by atoms with Crippen LogP contribution in [0.15, 0.2) is 18.5 Å². The molecule has 30 heavy (non-hydrogen) atoms. The van der Waals surface area contributed by atoms with E-state index in [2.05, 4.69) is 50.2 Å². The van der Waals surface area contributed by atoms with Crippen molar-refractivity contribution >= 4 is 6.29 Å². The molecule has 176 valence electrons. The normalized spacial score (nSPS) is 8.20. The number of imidazole rings is 1. The molecule has 0 fully saturated rings. The maximum atomic E-state index is 11.2. The Bertz CT molecular complexity index is 626. The highest BCUT2D eigenvalue weighted by Gasteiger charge is 2.11. The Balaban J connectivity index is -0.000000239. The molecule has 0 aliphatic rings. The molecule has 0 aliphatic carbocycles. The van der Waals surface area contributed by atoms with Gasteiger partial charge in [-0.3, -0.25) is 4.79 Å². The molecule has 3 heteroatoms. The van der Waals surface area contributed by atoms with Crippen molar-refractivity contribution in [1.82, 2.24) is 9.55 Å². The minimum absolute atomic E-state index is 0.768. The van der Waals surface area contributed by atoms with Crippen LogP contribution in [0.1, 0.15) is 121 Å². The fourth-order valence-corrected chi connectivity index (χ4v) is 2.41. The summed E-state index contributed by atoms with van der Waals surface area (Å²) in [6, 6.07) is 2.08. The SMILES string of the molecule is CC.CC.CC.CCC.CCC.Cc1cc(C)c(Cn2ccnc2C)c(C)c1C=O. The minimum Gasteiger partial charge on any atom is -0.331 e. The Kier molecular flexibility index (Phi) is 29.8. The van der Waals surface area contributed by atoms with Crippen molar-refractivity contribution in [2.24, 2.45) is 0 Å². The molecule has 1 aromatic carbocycles. The van der Waals surface area contributed by atoms with Gasteiger partial charge in [0.2, 0.25) is 0 Å². The van der Waals surface area contributed by atoms with Crippen LogP contribution >= 0.6 is 0 Å². The van der Waals surface area contributed by atoms with Gasteiger partial charge in [-0.1, -0.05) is 88.1 Å². The molecular formula is C27H52N2O. The number of rotatable bonds is 3. The van der Waals surface area contributed by atoms with Crippen molar-refractivity contribution in [1.29, 1.82) is 0 Å². The van der Waals surface area contributed by atoms with Gasteiger partial charge in [-0.05, 0) is 49.9 Å². The first-order valence-corrected chi connectivity index (χ1v) is 11.9. The third-order valence-corrected chi connectivity index (χ3v) is 3.56. The summed E-state index contributed by atoms with van der Waals surface area (Å²) in [5.74, 6) is 0.988. The number of hydrogen-bond donors (Lipinski definition) is 0. The Hall–Kier alpha value is -1.90. The van der Waals surface area contributed by atoms with Crippen LogP contribution in [0.5, 0.6) is 0 Å². The zero-order valence-electron chi connectivity index (χ0n) is 22.7. The van der Waals surface area contributed by atoms with Gasteiger partial charge in [0.05, 0.1) is 0 Å². The molecule has 0 bridgehead atoms. The number of aldehydes is 1. The maximum Gasteiger partial charge on any atom is 0.150 e. The molecule has 0 atom stereocenters. The van der Waals surface area contributed by atoms with Crippen LogP contribution in [-0.4, -0.2) is 15.8 Å². The first kappa shape index (κ1) is 35.5. The van der Waals surface area contributed by atoms with Gasteiger partial charge in [-0.2, -0.15) is 0 Å². The van der Waals surface area contributed by atoms with E-state index >= 15 is 0 Å². The van der Waals surface area contributed by atoms with E-state index in [9.17, 15) is 4.79 Å². The smallest absolute Gasteiger partial charge is 0.150 e. The van der Waals surface area contributed by atoms with Crippen molar-refractivity contribution in [3.8, 4) is 0 Å². The predicted molar refractivity (Wildman–Crippen MR) is 138 cm³/mol. The van der Waals surface area contributed by atoms with E-state index in [-0.39, 0.29) is 0 Å². The molecule has 0 N–H and O–H groups in total. The van der Waals surface area contributed by atoms with Crippen LogP contribution < -0.4 is 0 Å². The molecule has 1 aromatic heterocycles.